The fraction of sp³-hybridized carbons (Fsp3) is 0.263. The molecule has 116 valence electrons. The maximum Gasteiger partial charge on any atom is 0.161 e. The van der Waals surface area contributed by atoms with Crippen molar-refractivity contribution < 1.29 is 9.47 Å². The van der Waals surface area contributed by atoms with Crippen LogP contribution in [0.25, 0.3) is 0 Å². The van der Waals surface area contributed by atoms with Gasteiger partial charge in [-0.1, -0.05) is 42.5 Å². The second-order valence-corrected chi connectivity index (χ2v) is 4.99. The van der Waals surface area contributed by atoms with Crippen LogP contribution in [0.4, 0.5) is 0 Å². The number of ether oxygens (including phenoxy) is 2. The molecule has 0 aliphatic carbocycles. The molecule has 2 aromatic carbocycles. The van der Waals surface area contributed by atoms with Crippen molar-refractivity contribution in [1.29, 1.82) is 0 Å². The van der Waals surface area contributed by atoms with Crippen molar-refractivity contribution in [3.63, 3.8) is 0 Å². The van der Waals surface area contributed by atoms with Gasteiger partial charge in [0.1, 0.15) is 0 Å². The summed E-state index contributed by atoms with van der Waals surface area (Å²) in [4.78, 5) is 0. The van der Waals surface area contributed by atoms with Crippen LogP contribution < -0.4 is 14.8 Å². The first-order valence-corrected chi connectivity index (χ1v) is 7.48. The standard InChI is InChI=1S/C19H23NO2/c1-3-12-20-15-17-9-10-18(19(14-17)21-2)22-13-11-16-7-5-4-6-8-16/h3-10,14,20H,1,11-13,15H2,2H3. The van der Waals surface area contributed by atoms with E-state index in [1.54, 1.807) is 7.11 Å². The number of methoxy groups -OCH3 is 1. The minimum Gasteiger partial charge on any atom is -0.493 e. The summed E-state index contributed by atoms with van der Waals surface area (Å²) in [7, 11) is 1.67. The summed E-state index contributed by atoms with van der Waals surface area (Å²) in [5.41, 5.74) is 2.43. The molecule has 22 heavy (non-hydrogen) atoms. The van der Waals surface area contributed by atoms with E-state index in [1.165, 1.54) is 5.56 Å². The fourth-order valence-electron chi connectivity index (χ4n) is 2.18. The monoisotopic (exact) mass is 297 g/mol. The summed E-state index contributed by atoms with van der Waals surface area (Å²) in [5.74, 6) is 1.55. The molecular weight excluding hydrogens is 274 g/mol. The smallest absolute Gasteiger partial charge is 0.161 e. The van der Waals surface area contributed by atoms with Crippen LogP contribution in [0, 0.1) is 0 Å². The van der Waals surface area contributed by atoms with Crippen molar-refractivity contribution in [2.45, 2.75) is 13.0 Å². The highest BCUT2D eigenvalue weighted by Gasteiger charge is 2.06. The van der Waals surface area contributed by atoms with Gasteiger partial charge in [0, 0.05) is 19.5 Å². The molecule has 0 bridgehead atoms. The van der Waals surface area contributed by atoms with Gasteiger partial charge in [0.2, 0.25) is 0 Å². The molecule has 0 unspecified atom stereocenters. The molecule has 2 rings (SSSR count). The Labute approximate surface area is 132 Å². The van der Waals surface area contributed by atoms with Crippen LogP contribution >= 0.6 is 0 Å². The highest BCUT2D eigenvalue weighted by molar-refractivity contribution is 5.43. The summed E-state index contributed by atoms with van der Waals surface area (Å²) in [6, 6.07) is 16.3. The Morgan fingerprint density at radius 2 is 1.86 bits per heavy atom. The van der Waals surface area contributed by atoms with Gasteiger partial charge in [-0.3, -0.25) is 0 Å². The second kappa shape index (κ2) is 8.90. The lowest BCUT2D eigenvalue weighted by Gasteiger charge is -2.12. The average Bonchev–Trinajstić information content (AvgIpc) is 2.57. The van der Waals surface area contributed by atoms with Gasteiger partial charge in [-0.05, 0) is 23.3 Å². The molecule has 0 aliphatic heterocycles. The van der Waals surface area contributed by atoms with Crippen molar-refractivity contribution >= 4 is 0 Å². The SMILES string of the molecule is C=CCNCc1ccc(OCCc2ccccc2)c(OC)c1. The Morgan fingerprint density at radius 1 is 1.05 bits per heavy atom. The van der Waals surface area contributed by atoms with Gasteiger partial charge in [-0.2, -0.15) is 0 Å². The van der Waals surface area contributed by atoms with Crippen LogP contribution in [0.15, 0.2) is 61.2 Å². The highest BCUT2D eigenvalue weighted by atomic mass is 16.5. The highest BCUT2D eigenvalue weighted by Crippen LogP contribution is 2.28. The van der Waals surface area contributed by atoms with Gasteiger partial charge in [0.05, 0.1) is 13.7 Å². The largest absolute Gasteiger partial charge is 0.493 e. The van der Waals surface area contributed by atoms with Crippen molar-refractivity contribution in [3.05, 3.63) is 72.3 Å². The van der Waals surface area contributed by atoms with E-state index >= 15 is 0 Å². The Balaban J connectivity index is 1.91. The molecule has 2 aromatic rings. The Morgan fingerprint density at radius 3 is 2.59 bits per heavy atom. The quantitative estimate of drug-likeness (QED) is 0.567. The van der Waals surface area contributed by atoms with Crippen LogP contribution in [0.1, 0.15) is 11.1 Å². The van der Waals surface area contributed by atoms with E-state index in [2.05, 4.69) is 30.1 Å². The van der Waals surface area contributed by atoms with E-state index in [4.69, 9.17) is 9.47 Å². The zero-order valence-corrected chi connectivity index (χ0v) is 13.0. The van der Waals surface area contributed by atoms with Crippen LogP contribution in [-0.4, -0.2) is 20.3 Å². The van der Waals surface area contributed by atoms with E-state index < -0.39 is 0 Å². The Hall–Kier alpha value is -2.26. The second-order valence-electron chi connectivity index (χ2n) is 4.99. The minimum atomic E-state index is 0.633. The Bertz CT molecular complexity index is 581. The molecule has 1 N–H and O–H groups in total. The number of hydrogen-bond donors (Lipinski definition) is 1. The zero-order valence-electron chi connectivity index (χ0n) is 13.0. The minimum absolute atomic E-state index is 0.633. The maximum atomic E-state index is 5.85. The number of nitrogens with one attached hydrogen (secondary N) is 1. The molecule has 0 heterocycles. The van der Waals surface area contributed by atoms with Gasteiger partial charge < -0.3 is 14.8 Å². The molecular formula is C19H23NO2. The Kier molecular flexibility index (Phi) is 6.52. The molecule has 0 saturated heterocycles. The first kappa shape index (κ1) is 16.1. The predicted molar refractivity (Wildman–Crippen MR) is 90.5 cm³/mol. The van der Waals surface area contributed by atoms with E-state index in [-0.39, 0.29) is 0 Å². The fourth-order valence-corrected chi connectivity index (χ4v) is 2.18. The summed E-state index contributed by atoms with van der Waals surface area (Å²) < 4.78 is 11.3. The summed E-state index contributed by atoms with van der Waals surface area (Å²) in [6.45, 7) is 5.90. The molecule has 3 nitrogen and oxygen atoms in total. The molecule has 0 fully saturated rings. The molecule has 0 atom stereocenters. The third-order valence-electron chi connectivity index (χ3n) is 3.34. The van der Waals surface area contributed by atoms with Crippen molar-refractivity contribution in [2.24, 2.45) is 0 Å². The van der Waals surface area contributed by atoms with Crippen LogP contribution in [0.5, 0.6) is 11.5 Å². The summed E-state index contributed by atoms with van der Waals surface area (Å²) in [5, 5.41) is 3.27. The van der Waals surface area contributed by atoms with Crippen molar-refractivity contribution in [2.75, 3.05) is 20.3 Å². The average molecular weight is 297 g/mol. The summed E-state index contributed by atoms with van der Waals surface area (Å²) in [6.07, 6.45) is 2.73. The van der Waals surface area contributed by atoms with E-state index in [0.29, 0.717) is 6.61 Å². The van der Waals surface area contributed by atoms with Gasteiger partial charge in [0.25, 0.3) is 0 Å². The number of benzene rings is 2. The van der Waals surface area contributed by atoms with Gasteiger partial charge in [-0.25, -0.2) is 0 Å². The zero-order chi connectivity index (χ0) is 15.6. The third-order valence-corrected chi connectivity index (χ3v) is 3.34. The van der Waals surface area contributed by atoms with Crippen molar-refractivity contribution in [1.82, 2.24) is 5.32 Å². The molecule has 3 heteroatoms. The normalized spacial score (nSPS) is 10.2. The molecule has 0 radical (unpaired) electrons. The van der Waals surface area contributed by atoms with E-state index in [1.807, 2.05) is 36.4 Å². The maximum absolute atomic E-state index is 5.85. The van der Waals surface area contributed by atoms with Crippen LogP contribution in [-0.2, 0) is 13.0 Å². The number of rotatable bonds is 9. The molecule has 0 aromatic heterocycles. The summed E-state index contributed by atoms with van der Waals surface area (Å²) >= 11 is 0. The molecule has 0 saturated carbocycles. The number of hydrogen-bond acceptors (Lipinski definition) is 3. The van der Waals surface area contributed by atoms with Crippen LogP contribution in [0.3, 0.4) is 0 Å². The first-order valence-electron chi connectivity index (χ1n) is 7.48. The van der Waals surface area contributed by atoms with Crippen molar-refractivity contribution in [3.8, 4) is 11.5 Å². The topological polar surface area (TPSA) is 30.5 Å². The van der Waals surface area contributed by atoms with E-state index in [0.717, 1.165) is 36.6 Å². The lowest BCUT2D eigenvalue weighted by Crippen LogP contribution is -2.12. The molecule has 0 aliphatic rings. The molecule has 0 amide bonds. The predicted octanol–water partition coefficient (Wildman–Crippen LogP) is 3.59. The molecule has 0 spiro atoms. The first-order chi connectivity index (χ1) is 10.8. The lowest BCUT2D eigenvalue weighted by molar-refractivity contribution is 0.297. The lowest BCUT2D eigenvalue weighted by atomic mass is 10.1. The van der Waals surface area contributed by atoms with E-state index in [9.17, 15) is 0 Å². The third kappa shape index (κ3) is 4.93. The van der Waals surface area contributed by atoms with Gasteiger partial charge in [-0.15, -0.1) is 6.58 Å². The van der Waals surface area contributed by atoms with Gasteiger partial charge >= 0.3 is 0 Å². The van der Waals surface area contributed by atoms with Crippen LogP contribution in [0.2, 0.25) is 0 Å². The van der Waals surface area contributed by atoms with Gasteiger partial charge in [0.15, 0.2) is 11.5 Å².